The molecule has 0 spiro atoms. The van der Waals surface area contributed by atoms with Crippen molar-refractivity contribution in [2.24, 2.45) is 0 Å². The molecule has 0 aliphatic carbocycles. The lowest BCUT2D eigenvalue weighted by Gasteiger charge is -2.22. The number of alkyl halides is 1. The van der Waals surface area contributed by atoms with Crippen molar-refractivity contribution >= 4 is 17.0 Å². The van der Waals surface area contributed by atoms with E-state index in [0.717, 1.165) is 5.69 Å². The molecule has 1 aliphatic rings. The van der Waals surface area contributed by atoms with Crippen LogP contribution >= 0.6 is 0 Å². The molecule has 1 saturated heterocycles. The summed E-state index contributed by atoms with van der Waals surface area (Å²) in [6, 6.07) is 5.12. The Bertz CT molecular complexity index is 670. The van der Waals surface area contributed by atoms with Gasteiger partial charge in [0.25, 0.3) is 5.91 Å². The van der Waals surface area contributed by atoms with Crippen LogP contribution in [-0.4, -0.2) is 48.1 Å². The van der Waals surface area contributed by atoms with Gasteiger partial charge in [0.15, 0.2) is 11.3 Å². The molecule has 1 aliphatic heterocycles. The molecule has 1 N–H and O–H groups in total. The molecule has 3 rings (SSSR count). The smallest absolute Gasteiger partial charge is 0.290 e. The van der Waals surface area contributed by atoms with E-state index in [9.17, 15) is 9.18 Å². The highest BCUT2D eigenvalue weighted by molar-refractivity contribution is 5.95. The summed E-state index contributed by atoms with van der Waals surface area (Å²) in [5, 5.41) is 3.00. The Morgan fingerprint density at radius 1 is 1.57 bits per heavy atom. The van der Waals surface area contributed by atoms with Crippen molar-refractivity contribution in [1.29, 1.82) is 0 Å². The third-order valence-corrected chi connectivity index (χ3v) is 3.79. The fraction of sp³-hybridized carbons (Fsp3) is 0.467. The van der Waals surface area contributed by atoms with Gasteiger partial charge in [-0.3, -0.25) is 4.79 Å². The van der Waals surface area contributed by atoms with Crippen LogP contribution in [0.1, 0.15) is 22.7 Å². The summed E-state index contributed by atoms with van der Waals surface area (Å²) < 4.78 is 19.2. The van der Waals surface area contributed by atoms with Gasteiger partial charge in [0, 0.05) is 30.8 Å². The molecule has 2 aromatic heterocycles. The number of likely N-dealkylation sites (tertiary alicyclic amines) is 1. The molecule has 2 atom stereocenters. The number of aromatic nitrogens is 1. The summed E-state index contributed by atoms with van der Waals surface area (Å²) >= 11 is 0. The summed E-state index contributed by atoms with van der Waals surface area (Å²) in [7, 11) is 1.79. The van der Waals surface area contributed by atoms with Crippen LogP contribution in [0.2, 0.25) is 0 Å². The average molecular weight is 291 g/mol. The van der Waals surface area contributed by atoms with Gasteiger partial charge in [0.2, 0.25) is 0 Å². The minimum atomic E-state index is -0.975. The number of pyridine rings is 1. The standard InChI is InChI=1S/C15H18FN3O2/c1-9-3-4-13-12(18-9)6-14(21-13)15(20)19-8-10(16)5-11(19)7-17-2/h3-4,6,10-11,17H,5,7-8H2,1-2H3/t10-,11-/m0/s1. The first-order valence-corrected chi connectivity index (χ1v) is 7.05. The second-order valence-corrected chi connectivity index (χ2v) is 5.45. The van der Waals surface area contributed by atoms with Gasteiger partial charge in [-0.15, -0.1) is 0 Å². The molecule has 112 valence electrons. The average Bonchev–Trinajstić information content (AvgIpc) is 3.01. The molecule has 5 nitrogen and oxygen atoms in total. The number of halogens is 1. The molecular weight excluding hydrogens is 273 g/mol. The fourth-order valence-electron chi connectivity index (χ4n) is 2.81. The number of nitrogens with one attached hydrogen (secondary N) is 1. The van der Waals surface area contributed by atoms with E-state index in [-0.39, 0.29) is 24.3 Å². The zero-order valence-electron chi connectivity index (χ0n) is 12.1. The number of likely N-dealkylation sites (N-methyl/N-ethyl adjacent to an activating group) is 1. The second-order valence-electron chi connectivity index (χ2n) is 5.45. The first-order chi connectivity index (χ1) is 10.1. The quantitative estimate of drug-likeness (QED) is 0.938. The number of amides is 1. The molecule has 0 saturated carbocycles. The van der Waals surface area contributed by atoms with Crippen LogP contribution < -0.4 is 5.32 Å². The van der Waals surface area contributed by atoms with Gasteiger partial charge in [-0.05, 0) is 26.1 Å². The zero-order chi connectivity index (χ0) is 15.0. The lowest BCUT2D eigenvalue weighted by molar-refractivity contribution is 0.0700. The first kappa shape index (κ1) is 14.0. The Kier molecular flexibility index (Phi) is 3.63. The lowest BCUT2D eigenvalue weighted by atomic mass is 10.2. The zero-order valence-corrected chi connectivity index (χ0v) is 12.1. The number of carbonyl (C=O) groups is 1. The minimum Gasteiger partial charge on any atom is -0.449 e. The molecular formula is C15H18FN3O2. The van der Waals surface area contributed by atoms with E-state index in [1.54, 1.807) is 24.1 Å². The second kappa shape index (κ2) is 5.44. The summed E-state index contributed by atoms with van der Waals surface area (Å²) in [4.78, 5) is 18.4. The van der Waals surface area contributed by atoms with E-state index in [4.69, 9.17) is 4.42 Å². The largest absolute Gasteiger partial charge is 0.449 e. The van der Waals surface area contributed by atoms with E-state index >= 15 is 0 Å². The van der Waals surface area contributed by atoms with Crippen molar-refractivity contribution in [1.82, 2.24) is 15.2 Å². The van der Waals surface area contributed by atoms with Crippen molar-refractivity contribution in [2.75, 3.05) is 20.1 Å². The maximum atomic E-state index is 13.6. The van der Waals surface area contributed by atoms with Crippen LogP contribution in [0.25, 0.3) is 11.1 Å². The van der Waals surface area contributed by atoms with Gasteiger partial charge in [0.1, 0.15) is 11.7 Å². The van der Waals surface area contributed by atoms with Gasteiger partial charge >= 0.3 is 0 Å². The molecule has 21 heavy (non-hydrogen) atoms. The van der Waals surface area contributed by atoms with Crippen molar-refractivity contribution in [3.05, 3.63) is 29.7 Å². The molecule has 1 amide bonds. The Labute approximate surface area is 122 Å². The first-order valence-electron chi connectivity index (χ1n) is 7.05. The van der Waals surface area contributed by atoms with Gasteiger partial charge in [0.05, 0.1) is 6.54 Å². The predicted molar refractivity (Wildman–Crippen MR) is 77.0 cm³/mol. The fourth-order valence-corrected chi connectivity index (χ4v) is 2.81. The number of furan rings is 1. The van der Waals surface area contributed by atoms with E-state index in [1.165, 1.54) is 0 Å². The molecule has 0 unspecified atom stereocenters. The Morgan fingerprint density at radius 3 is 3.14 bits per heavy atom. The monoisotopic (exact) mass is 291 g/mol. The molecule has 0 radical (unpaired) electrons. The Balaban J connectivity index is 1.88. The lowest BCUT2D eigenvalue weighted by Crippen LogP contribution is -2.40. The molecule has 0 bridgehead atoms. The van der Waals surface area contributed by atoms with Crippen LogP contribution in [0.5, 0.6) is 0 Å². The van der Waals surface area contributed by atoms with Gasteiger partial charge in [-0.25, -0.2) is 9.37 Å². The number of carbonyl (C=O) groups excluding carboxylic acids is 1. The van der Waals surface area contributed by atoms with Crippen LogP contribution in [-0.2, 0) is 0 Å². The number of nitrogens with zero attached hydrogens (tertiary/aromatic N) is 2. The Morgan fingerprint density at radius 2 is 2.38 bits per heavy atom. The van der Waals surface area contributed by atoms with Crippen LogP contribution in [0.4, 0.5) is 4.39 Å². The number of hydrogen-bond donors (Lipinski definition) is 1. The topological polar surface area (TPSA) is 58.4 Å². The number of fused-ring (bicyclic) bond motifs is 1. The van der Waals surface area contributed by atoms with Crippen molar-refractivity contribution in [3.63, 3.8) is 0 Å². The highest BCUT2D eigenvalue weighted by atomic mass is 19.1. The summed E-state index contributed by atoms with van der Waals surface area (Å²) in [5.41, 5.74) is 2.09. The summed E-state index contributed by atoms with van der Waals surface area (Å²) in [6.45, 7) is 2.57. The Hall–Kier alpha value is -1.95. The van der Waals surface area contributed by atoms with Crippen molar-refractivity contribution in [2.45, 2.75) is 25.6 Å². The molecule has 3 heterocycles. The normalized spacial score (nSPS) is 22.1. The summed E-state index contributed by atoms with van der Waals surface area (Å²) in [5.74, 6) is -0.0515. The van der Waals surface area contributed by atoms with Gasteiger partial charge < -0.3 is 14.6 Å². The third kappa shape index (κ3) is 2.63. The maximum Gasteiger partial charge on any atom is 0.290 e. The molecule has 0 aromatic carbocycles. The molecule has 1 fully saturated rings. The van der Waals surface area contributed by atoms with Crippen LogP contribution in [0, 0.1) is 6.92 Å². The highest BCUT2D eigenvalue weighted by Gasteiger charge is 2.36. The predicted octanol–water partition coefficient (Wildman–Crippen LogP) is 1.91. The number of rotatable bonds is 3. The number of aryl methyl sites for hydroxylation is 1. The van der Waals surface area contributed by atoms with E-state index in [0.29, 0.717) is 24.1 Å². The highest BCUT2D eigenvalue weighted by Crippen LogP contribution is 2.25. The van der Waals surface area contributed by atoms with E-state index in [2.05, 4.69) is 10.3 Å². The van der Waals surface area contributed by atoms with E-state index in [1.807, 2.05) is 13.0 Å². The van der Waals surface area contributed by atoms with E-state index < -0.39 is 6.17 Å². The van der Waals surface area contributed by atoms with Crippen molar-refractivity contribution in [3.8, 4) is 0 Å². The van der Waals surface area contributed by atoms with Crippen LogP contribution in [0.3, 0.4) is 0 Å². The maximum absolute atomic E-state index is 13.6. The van der Waals surface area contributed by atoms with Gasteiger partial charge in [-0.2, -0.15) is 0 Å². The van der Waals surface area contributed by atoms with Gasteiger partial charge in [-0.1, -0.05) is 0 Å². The van der Waals surface area contributed by atoms with Crippen molar-refractivity contribution < 1.29 is 13.6 Å². The summed E-state index contributed by atoms with van der Waals surface area (Å²) in [6.07, 6.45) is -0.610. The number of hydrogen-bond acceptors (Lipinski definition) is 4. The molecule has 6 heteroatoms. The van der Waals surface area contributed by atoms with Crippen LogP contribution in [0.15, 0.2) is 22.6 Å². The SMILES string of the molecule is CNC[C@@H]1C[C@H](F)CN1C(=O)c1cc2nc(C)ccc2o1. The molecule has 2 aromatic rings. The third-order valence-electron chi connectivity index (χ3n) is 3.79. The minimum absolute atomic E-state index is 0.120.